The minimum absolute atomic E-state index is 0.658. The normalized spacial score (nSPS) is 11.1. The topological polar surface area (TPSA) is 38.7 Å². The third-order valence-corrected chi connectivity index (χ3v) is 7.57. The van der Waals surface area contributed by atoms with E-state index in [0.29, 0.717) is 17.5 Å². The van der Waals surface area contributed by atoms with Crippen LogP contribution in [0, 0.1) is 13.8 Å². The average Bonchev–Trinajstić information content (AvgIpc) is 3.04. The highest BCUT2D eigenvalue weighted by molar-refractivity contribution is 5.91. The maximum Gasteiger partial charge on any atom is 0.164 e. The Kier molecular flexibility index (Phi) is 6.61. The standard InChI is InChI=1S/C39H29N3/c1-26-21-27(2)23-35(22-26)34-20-16-29-15-19-33(24-36(29)25-34)28-13-17-32(18-14-28)39-41-37(30-9-5-3-6-10-30)40-38(42-39)31-11-7-4-8-12-31/h3-25H,1-2H3. The molecular formula is C39H29N3. The number of rotatable bonds is 5. The molecule has 3 heteroatoms. The molecular weight excluding hydrogens is 510 g/mol. The van der Waals surface area contributed by atoms with Gasteiger partial charge in [-0.1, -0.05) is 139 Å². The zero-order chi connectivity index (χ0) is 28.5. The molecule has 3 nitrogen and oxygen atoms in total. The quantitative estimate of drug-likeness (QED) is 0.218. The number of aromatic nitrogens is 3. The minimum Gasteiger partial charge on any atom is -0.208 e. The largest absolute Gasteiger partial charge is 0.208 e. The highest BCUT2D eigenvalue weighted by Crippen LogP contribution is 2.31. The van der Waals surface area contributed by atoms with Gasteiger partial charge in [0, 0.05) is 16.7 Å². The molecule has 0 atom stereocenters. The van der Waals surface area contributed by atoms with Crippen LogP contribution in [-0.4, -0.2) is 15.0 Å². The summed E-state index contributed by atoms with van der Waals surface area (Å²) in [5.41, 5.74) is 10.3. The van der Waals surface area contributed by atoms with Gasteiger partial charge in [-0.05, 0) is 59.0 Å². The summed E-state index contributed by atoms with van der Waals surface area (Å²) < 4.78 is 0. The Labute approximate surface area is 246 Å². The highest BCUT2D eigenvalue weighted by Gasteiger charge is 2.12. The van der Waals surface area contributed by atoms with Crippen molar-refractivity contribution in [3.63, 3.8) is 0 Å². The van der Waals surface area contributed by atoms with Crippen LogP contribution in [0.3, 0.4) is 0 Å². The second kappa shape index (κ2) is 10.9. The molecule has 0 amide bonds. The Balaban J connectivity index is 1.25. The number of aryl methyl sites for hydroxylation is 2. The molecule has 0 saturated carbocycles. The van der Waals surface area contributed by atoms with Crippen molar-refractivity contribution in [2.24, 2.45) is 0 Å². The molecule has 1 heterocycles. The van der Waals surface area contributed by atoms with Gasteiger partial charge in [0.2, 0.25) is 0 Å². The first-order chi connectivity index (χ1) is 20.6. The van der Waals surface area contributed by atoms with Crippen molar-refractivity contribution in [2.45, 2.75) is 13.8 Å². The van der Waals surface area contributed by atoms with Crippen LogP contribution in [0.5, 0.6) is 0 Å². The fourth-order valence-corrected chi connectivity index (χ4v) is 5.50. The van der Waals surface area contributed by atoms with E-state index < -0.39 is 0 Å². The molecule has 0 saturated heterocycles. The van der Waals surface area contributed by atoms with Gasteiger partial charge < -0.3 is 0 Å². The lowest BCUT2D eigenvalue weighted by atomic mass is 9.96. The summed E-state index contributed by atoms with van der Waals surface area (Å²) in [6.07, 6.45) is 0. The molecule has 7 rings (SSSR count). The van der Waals surface area contributed by atoms with Crippen molar-refractivity contribution in [2.75, 3.05) is 0 Å². The van der Waals surface area contributed by atoms with Crippen LogP contribution >= 0.6 is 0 Å². The van der Waals surface area contributed by atoms with Gasteiger partial charge in [-0.3, -0.25) is 0 Å². The Hall–Kier alpha value is -5.41. The van der Waals surface area contributed by atoms with Gasteiger partial charge >= 0.3 is 0 Å². The third kappa shape index (κ3) is 5.21. The molecule has 1 aromatic heterocycles. The van der Waals surface area contributed by atoms with Crippen molar-refractivity contribution in [1.29, 1.82) is 0 Å². The molecule has 0 spiro atoms. The third-order valence-electron chi connectivity index (χ3n) is 7.57. The van der Waals surface area contributed by atoms with Crippen LogP contribution in [0.25, 0.3) is 67.2 Å². The Bertz CT molecular complexity index is 1950. The van der Waals surface area contributed by atoms with E-state index in [2.05, 4.69) is 92.7 Å². The summed E-state index contributed by atoms with van der Waals surface area (Å²) in [6, 6.07) is 48.8. The SMILES string of the molecule is Cc1cc(C)cc(-c2ccc3ccc(-c4ccc(-c5nc(-c6ccccc6)nc(-c6ccccc6)n5)cc4)cc3c2)c1. The number of nitrogens with zero attached hydrogens (tertiary/aromatic N) is 3. The molecule has 0 N–H and O–H groups in total. The smallest absolute Gasteiger partial charge is 0.164 e. The highest BCUT2D eigenvalue weighted by atomic mass is 15.0. The molecule has 0 aliphatic rings. The van der Waals surface area contributed by atoms with Crippen molar-refractivity contribution < 1.29 is 0 Å². The fraction of sp³-hybridized carbons (Fsp3) is 0.0513. The van der Waals surface area contributed by atoms with Crippen LogP contribution in [0.2, 0.25) is 0 Å². The van der Waals surface area contributed by atoms with Crippen LogP contribution in [-0.2, 0) is 0 Å². The molecule has 0 radical (unpaired) electrons. The van der Waals surface area contributed by atoms with E-state index in [1.165, 1.54) is 38.6 Å². The van der Waals surface area contributed by atoms with E-state index in [-0.39, 0.29) is 0 Å². The van der Waals surface area contributed by atoms with Crippen molar-refractivity contribution in [3.8, 4) is 56.4 Å². The van der Waals surface area contributed by atoms with Crippen LogP contribution in [0.4, 0.5) is 0 Å². The molecule has 7 aromatic rings. The molecule has 0 bridgehead atoms. The molecule has 42 heavy (non-hydrogen) atoms. The van der Waals surface area contributed by atoms with Gasteiger partial charge in [0.1, 0.15) is 0 Å². The lowest BCUT2D eigenvalue weighted by Crippen LogP contribution is -2.00. The van der Waals surface area contributed by atoms with E-state index in [9.17, 15) is 0 Å². The predicted molar refractivity (Wildman–Crippen MR) is 174 cm³/mol. The van der Waals surface area contributed by atoms with Crippen molar-refractivity contribution in [3.05, 3.63) is 151 Å². The molecule has 6 aromatic carbocycles. The Morgan fingerprint density at radius 3 is 1.21 bits per heavy atom. The van der Waals surface area contributed by atoms with Gasteiger partial charge in [0.05, 0.1) is 0 Å². The number of hydrogen-bond acceptors (Lipinski definition) is 3. The van der Waals surface area contributed by atoms with Crippen LogP contribution in [0.1, 0.15) is 11.1 Å². The molecule has 200 valence electrons. The zero-order valence-corrected chi connectivity index (χ0v) is 23.6. The summed E-state index contributed by atoms with van der Waals surface area (Å²) in [5, 5.41) is 2.46. The van der Waals surface area contributed by atoms with Gasteiger partial charge in [0.15, 0.2) is 17.5 Å². The molecule has 0 unspecified atom stereocenters. The first kappa shape index (κ1) is 25.6. The van der Waals surface area contributed by atoms with E-state index in [1.807, 2.05) is 60.7 Å². The number of hydrogen-bond donors (Lipinski definition) is 0. The van der Waals surface area contributed by atoms with Gasteiger partial charge in [-0.15, -0.1) is 0 Å². The van der Waals surface area contributed by atoms with Crippen molar-refractivity contribution >= 4 is 10.8 Å². The molecule has 0 fully saturated rings. The zero-order valence-electron chi connectivity index (χ0n) is 23.6. The van der Waals surface area contributed by atoms with E-state index in [1.54, 1.807) is 0 Å². The van der Waals surface area contributed by atoms with Gasteiger partial charge in [0.25, 0.3) is 0 Å². The number of benzene rings is 6. The maximum absolute atomic E-state index is 4.87. The lowest BCUT2D eigenvalue weighted by molar-refractivity contribution is 1.07. The maximum atomic E-state index is 4.87. The Morgan fingerprint density at radius 1 is 0.310 bits per heavy atom. The minimum atomic E-state index is 0.658. The fourth-order valence-electron chi connectivity index (χ4n) is 5.50. The molecule has 0 aliphatic heterocycles. The summed E-state index contributed by atoms with van der Waals surface area (Å²) >= 11 is 0. The monoisotopic (exact) mass is 539 g/mol. The summed E-state index contributed by atoms with van der Waals surface area (Å²) in [6.45, 7) is 4.31. The average molecular weight is 540 g/mol. The van der Waals surface area contributed by atoms with Gasteiger partial charge in [-0.25, -0.2) is 15.0 Å². The predicted octanol–water partition coefficient (Wildman–Crippen LogP) is 9.98. The first-order valence-electron chi connectivity index (χ1n) is 14.2. The van der Waals surface area contributed by atoms with E-state index in [0.717, 1.165) is 22.3 Å². The van der Waals surface area contributed by atoms with E-state index >= 15 is 0 Å². The first-order valence-corrected chi connectivity index (χ1v) is 14.2. The summed E-state index contributed by atoms with van der Waals surface area (Å²) in [4.78, 5) is 14.6. The summed E-state index contributed by atoms with van der Waals surface area (Å²) in [7, 11) is 0. The Morgan fingerprint density at radius 2 is 0.714 bits per heavy atom. The molecule has 0 aliphatic carbocycles. The van der Waals surface area contributed by atoms with Crippen molar-refractivity contribution in [1.82, 2.24) is 15.0 Å². The summed E-state index contributed by atoms with van der Waals surface area (Å²) in [5.74, 6) is 1.99. The second-order valence-electron chi connectivity index (χ2n) is 10.8. The second-order valence-corrected chi connectivity index (χ2v) is 10.8. The number of fused-ring (bicyclic) bond motifs is 1. The van der Waals surface area contributed by atoms with Gasteiger partial charge in [-0.2, -0.15) is 0 Å². The van der Waals surface area contributed by atoms with E-state index in [4.69, 9.17) is 15.0 Å². The lowest BCUT2D eigenvalue weighted by Gasteiger charge is -2.10. The van der Waals surface area contributed by atoms with Crippen LogP contribution < -0.4 is 0 Å². The van der Waals surface area contributed by atoms with Crippen LogP contribution in [0.15, 0.2) is 140 Å².